The van der Waals surface area contributed by atoms with Gasteiger partial charge in [-0.2, -0.15) is 0 Å². The largest absolute Gasteiger partial charge is 0.497 e. The number of halogens is 1. The van der Waals surface area contributed by atoms with Crippen molar-refractivity contribution >= 4 is 46.7 Å². The van der Waals surface area contributed by atoms with E-state index in [4.69, 9.17) is 21.3 Å². The third-order valence-corrected chi connectivity index (χ3v) is 6.76. The van der Waals surface area contributed by atoms with Gasteiger partial charge in [0.25, 0.3) is 5.56 Å². The highest BCUT2D eigenvalue weighted by Crippen LogP contribution is 2.30. The zero-order valence-electron chi connectivity index (χ0n) is 16.1. The fourth-order valence-electron chi connectivity index (χ4n) is 3.01. The van der Waals surface area contributed by atoms with Crippen molar-refractivity contribution in [1.29, 1.82) is 0 Å². The van der Waals surface area contributed by atoms with E-state index < -0.39 is 0 Å². The van der Waals surface area contributed by atoms with Crippen molar-refractivity contribution in [3.63, 3.8) is 0 Å². The summed E-state index contributed by atoms with van der Waals surface area (Å²) in [6.45, 7) is 0. The van der Waals surface area contributed by atoms with Gasteiger partial charge in [0.1, 0.15) is 5.75 Å². The summed E-state index contributed by atoms with van der Waals surface area (Å²) in [5.41, 5.74) is 2.05. The van der Waals surface area contributed by atoms with Crippen LogP contribution in [0.25, 0.3) is 5.69 Å². The highest BCUT2D eigenvalue weighted by atomic mass is 35.5. The summed E-state index contributed by atoms with van der Waals surface area (Å²) in [5.74, 6) is 1.47. The number of hydrogen-bond donors (Lipinski definition) is 1. The maximum Gasteiger partial charge on any atom is 0.272 e. The number of aryl methyl sites for hydroxylation is 1. The Labute approximate surface area is 187 Å². The molecular formula is C21H18ClN3O3S2. The van der Waals surface area contributed by atoms with Gasteiger partial charge < -0.3 is 10.1 Å². The summed E-state index contributed by atoms with van der Waals surface area (Å²) in [5, 5.41) is 3.93. The second kappa shape index (κ2) is 9.16. The first-order valence-electron chi connectivity index (χ1n) is 9.16. The third-order valence-electron chi connectivity index (χ3n) is 4.46. The van der Waals surface area contributed by atoms with Crippen LogP contribution in [0.3, 0.4) is 0 Å². The number of anilines is 1. The van der Waals surface area contributed by atoms with Crippen molar-refractivity contribution in [2.45, 2.75) is 16.5 Å². The van der Waals surface area contributed by atoms with Gasteiger partial charge >= 0.3 is 0 Å². The van der Waals surface area contributed by atoms with E-state index in [1.165, 1.54) is 23.5 Å². The Hall–Kier alpha value is -2.42. The zero-order valence-corrected chi connectivity index (χ0v) is 18.4. The molecule has 0 fully saturated rings. The summed E-state index contributed by atoms with van der Waals surface area (Å²) in [6, 6.07) is 14.1. The van der Waals surface area contributed by atoms with Crippen molar-refractivity contribution in [2.75, 3.05) is 23.9 Å². The van der Waals surface area contributed by atoms with Gasteiger partial charge in [0.05, 0.1) is 29.1 Å². The lowest BCUT2D eigenvalue weighted by molar-refractivity contribution is -0.113. The molecule has 2 aromatic carbocycles. The Balaban J connectivity index is 1.60. The van der Waals surface area contributed by atoms with Crippen LogP contribution in [0, 0.1) is 0 Å². The van der Waals surface area contributed by atoms with Gasteiger partial charge in [0, 0.05) is 22.9 Å². The molecule has 0 bridgehead atoms. The highest BCUT2D eigenvalue weighted by molar-refractivity contribution is 8.00. The van der Waals surface area contributed by atoms with Crippen LogP contribution in [0.1, 0.15) is 5.69 Å². The van der Waals surface area contributed by atoms with Gasteiger partial charge in [0.15, 0.2) is 5.16 Å². The normalized spacial score (nSPS) is 12.5. The molecule has 4 rings (SSSR count). The van der Waals surface area contributed by atoms with Gasteiger partial charge in [-0.25, -0.2) is 4.98 Å². The molecule has 6 nitrogen and oxygen atoms in total. The number of aromatic nitrogens is 2. The molecule has 1 N–H and O–H groups in total. The van der Waals surface area contributed by atoms with Crippen LogP contribution in [0.5, 0.6) is 5.75 Å². The molecule has 0 unspecified atom stereocenters. The number of ether oxygens (including phenoxy) is 1. The number of benzene rings is 2. The first kappa shape index (κ1) is 20.8. The lowest BCUT2D eigenvalue weighted by Crippen LogP contribution is -2.24. The number of nitrogens with one attached hydrogen (secondary N) is 1. The number of amides is 1. The molecule has 1 amide bonds. The molecule has 2 heterocycles. The summed E-state index contributed by atoms with van der Waals surface area (Å²) >= 11 is 8.64. The lowest BCUT2D eigenvalue weighted by Gasteiger charge is -2.14. The molecule has 0 aliphatic carbocycles. The zero-order chi connectivity index (χ0) is 21.1. The topological polar surface area (TPSA) is 73.2 Å². The Bertz CT molecular complexity index is 1130. The molecule has 0 saturated carbocycles. The first-order chi connectivity index (χ1) is 14.5. The SMILES string of the molecule is COc1ccc(-n2c(SCC(=O)Nc3ccc(Cl)cc3)nc3c(c2=O)SCC3)cc1. The number of thioether (sulfide) groups is 2. The Morgan fingerprint density at radius 1 is 1.23 bits per heavy atom. The van der Waals surface area contributed by atoms with Gasteiger partial charge in [-0.1, -0.05) is 23.4 Å². The minimum atomic E-state index is -0.187. The molecule has 30 heavy (non-hydrogen) atoms. The average Bonchev–Trinajstić information content (AvgIpc) is 3.23. The van der Waals surface area contributed by atoms with Crippen LogP contribution in [0.15, 0.2) is 63.4 Å². The Kier molecular flexibility index (Phi) is 6.36. The maximum absolute atomic E-state index is 13.1. The molecule has 0 saturated heterocycles. The van der Waals surface area contributed by atoms with Gasteiger partial charge in [0.2, 0.25) is 5.91 Å². The van der Waals surface area contributed by atoms with Crippen molar-refractivity contribution in [3.8, 4) is 11.4 Å². The van der Waals surface area contributed by atoms with Crippen LogP contribution in [-0.2, 0) is 11.2 Å². The third kappa shape index (κ3) is 4.50. The van der Waals surface area contributed by atoms with Crippen molar-refractivity contribution in [1.82, 2.24) is 9.55 Å². The molecule has 0 spiro atoms. The maximum atomic E-state index is 13.1. The van der Waals surface area contributed by atoms with E-state index in [1.807, 2.05) is 12.1 Å². The molecule has 0 atom stereocenters. The Morgan fingerprint density at radius 2 is 1.97 bits per heavy atom. The number of rotatable bonds is 6. The van der Waals surface area contributed by atoms with Crippen LogP contribution in [0.4, 0.5) is 5.69 Å². The van der Waals surface area contributed by atoms with E-state index in [1.54, 1.807) is 48.1 Å². The quantitative estimate of drug-likeness (QED) is 0.438. The van der Waals surface area contributed by atoms with Gasteiger partial charge in [-0.05, 0) is 48.5 Å². The Morgan fingerprint density at radius 3 is 2.67 bits per heavy atom. The summed E-state index contributed by atoms with van der Waals surface area (Å²) in [7, 11) is 1.59. The second-order valence-corrected chi connectivity index (χ2v) is 8.94. The van der Waals surface area contributed by atoms with Crippen molar-refractivity contribution in [2.24, 2.45) is 0 Å². The predicted molar refractivity (Wildman–Crippen MR) is 122 cm³/mol. The minimum Gasteiger partial charge on any atom is -0.497 e. The molecule has 3 aromatic rings. The minimum absolute atomic E-state index is 0.103. The summed E-state index contributed by atoms with van der Waals surface area (Å²) in [4.78, 5) is 30.9. The number of hydrogen-bond acceptors (Lipinski definition) is 6. The molecule has 9 heteroatoms. The number of methoxy groups -OCH3 is 1. The van der Waals surface area contributed by atoms with Crippen molar-refractivity contribution in [3.05, 3.63) is 69.6 Å². The number of carbonyl (C=O) groups excluding carboxylic acids is 1. The standard InChI is InChI=1S/C21H18ClN3O3S2/c1-28-16-8-6-15(7-9-16)25-20(27)19-17(10-11-29-19)24-21(25)30-12-18(26)23-14-4-2-13(22)3-5-14/h2-9H,10-12H2,1H3,(H,23,26). The van der Waals surface area contributed by atoms with Crippen LogP contribution in [0.2, 0.25) is 5.02 Å². The average molecular weight is 460 g/mol. The van der Waals surface area contributed by atoms with Gasteiger partial charge in [-0.15, -0.1) is 11.8 Å². The fourth-order valence-corrected chi connectivity index (χ4v) is 4.99. The second-order valence-electron chi connectivity index (χ2n) is 6.45. The number of fused-ring (bicyclic) bond motifs is 1. The van der Waals surface area contributed by atoms with Crippen LogP contribution >= 0.6 is 35.1 Å². The summed E-state index contributed by atoms with van der Waals surface area (Å²) < 4.78 is 6.78. The van der Waals surface area contributed by atoms with Gasteiger partial charge in [-0.3, -0.25) is 14.2 Å². The lowest BCUT2D eigenvalue weighted by atomic mass is 10.3. The van der Waals surface area contributed by atoms with Crippen LogP contribution in [-0.4, -0.2) is 34.1 Å². The molecule has 0 radical (unpaired) electrons. The van der Waals surface area contributed by atoms with E-state index >= 15 is 0 Å². The molecule has 1 aliphatic heterocycles. The smallest absolute Gasteiger partial charge is 0.272 e. The molecular weight excluding hydrogens is 442 g/mol. The van der Waals surface area contributed by atoms with Crippen LogP contribution < -0.4 is 15.6 Å². The van der Waals surface area contributed by atoms with E-state index in [0.717, 1.165) is 17.9 Å². The van der Waals surface area contributed by atoms with E-state index in [-0.39, 0.29) is 17.2 Å². The molecule has 154 valence electrons. The first-order valence-corrected chi connectivity index (χ1v) is 11.5. The highest BCUT2D eigenvalue weighted by Gasteiger charge is 2.23. The van der Waals surface area contributed by atoms with E-state index in [2.05, 4.69) is 5.32 Å². The van der Waals surface area contributed by atoms with E-state index in [9.17, 15) is 9.59 Å². The summed E-state index contributed by atoms with van der Waals surface area (Å²) in [6.07, 6.45) is 0.753. The molecule has 1 aliphatic rings. The van der Waals surface area contributed by atoms with Crippen molar-refractivity contribution < 1.29 is 9.53 Å². The monoisotopic (exact) mass is 459 g/mol. The van der Waals surface area contributed by atoms with E-state index in [0.29, 0.717) is 32.2 Å². The predicted octanol–water partition coefficient (Wildman–Crippen LogP) is 4.27. The fraction of sp³-hybridized carbons (Fsp3) is 0.190. The number of carbonyl (C=O) groups is 1. The number of nitrogens with zero attached hydrogens (tertiary/aromatic N) is 2. The molecule has 1 aromatic heterocycles.